The van der Waals surface area contributed by atoms with Gasteiger partial charge in [-0.2, -0.15) is 0 Å². The van der Waals surface area contributed by atoms with Crippen LogP contribution in [0.4, 0.5) is 10.1 Å². The van der Waals surface area contributed by atoms with Crippen LogP contribution in [0.3, 0.4) is 0 Å². The average molecular weight is 270 g/mol. The van der Waals surface area contributed by atoms with Gasteiger partial charge in [0.05, 0.1) is 11.0 Å². The van der Waals surface area contributed by atoms with E-state index in [9.17, 15) is 14.5 Å². The van der Waals surface area contributed by atoms with Gasteiger partial charge in [0.15, 0.2) is 5.75 Å². The molecule has 0 atom stereocenters. The topological polar surface area (TPSA) is 87.4 Å². The van der Waals surface area contributed by atoms with Gasteiger partial charge in [0.2, 0.25) is 0 Å². The van der Waals surface area contributed by atoms with Crippen molar-refractivity contribution in [3.63, 3.8) is 0 Å². The minimum atomic E-state index is -0.541. The molecule has 106 valence electrons. The summed E-state index contributed by atoms with van der Waals surface area (Å²) in [7, 11) is 0. The molecule has 0 aromatic heterocycles. The zero-order chi connectivity index (χ0) is 13.1. The second-order valence-electron chi connectivity index (χ2n) is 4.87. The Kier molecular flexibility index (Phi) is 5.23. The third-order valence-electron chi connectivity index (χ3n) is 3.38. The summed E-state index contributed by atoms with van der Waals surface area (Å²) in [5.41, 5.74) is -0.171. The molecule has 1 fully saturated rings. The summed E-state index contributed by atoms with van der Waals surface area (Å²) >= 11 is 0. The Hall–Kier alpha value is -1.69. The Morgan fingerprint density at radius 1 is 1.32 bits per heavy atom. The number of rotatable bonds is 3. The first kappa shape index (κ1) is 15.4. The van der Waals surface area contributed by atoms with E-state index in [-0.39, 0.29) is 23.7 Å². The van der Waals surface area contributed by atoms with Crippen molar-refractivity contribution in [3.8, 4) is 5.75 Å². The molecular formula is C13H19FN2O3. The maximum absolute atomic E-state index is 13.1. The maximum Gasteiger partial charge on any atom is 0.311 e. The van der Waals surface area contributed by atoms with Gasteiger partial charge in [-0.15, -0.1) is 0 Å². The summed E-state index contributed by atoms with van der Waals surface area (Å²) in [6, 6.07) is 3.32. The second-order valence-corrected chi connectivity index (χ2v) is 4.87. The lowest BCUT2D eigenvalue weighted by molar-refractivity contribution is -0.386. The van der Waals surface area contributed by atoms with Gasteiger partial charge in [-0.05, 0) is 37.7 Å². The van der Waals surface area contributed by atoms with Crippen molar-refractivity contribution >= 4 is 5.69 Å². The quantitative estimate of drug-likeness (QED) is 0.667. The summed E-state index contributed by atoms with van der Waals surface area (Å²) < 4.78 is 18.7. The summed E-state index contributed by atoms with van der Waals surface area (Å²) in [5, 5.41) is 10.8. The number of halogens is 1. The summed E-state index contributed by atoms with van der Waals surface area (Å²) in [5.74, 6) is 0.201. The highest BCUT2D eigenvalue weighted by atomic mass is 19.1. The number of benzene rings is 1. The van der Waals surface area contributed by atoms with Crippen LogP contribution in [0.5, 0.6) is 5.75 Å². The van der Waals surface area contributed by atoms with Gasteiger partial charge in [-0.25, -0.2) is 4.39 Å². The lowest BCUT2D eigenvalue weighted by Crippen LogP contribution is -2.23. The summed E-state index contributed by atoms with van der Waals surface area (Å²) in [6.07, 6.45) is 3.80. The van der Waals surface area contributed by atoms with Crippen molar-refractivity contribution in [1.29, 1.82) is 0 Å². The van der Waals surface area contributed by atoms with Crippen LogP contribution in [-0.2, 0) is 0 Å². The third-order valence-corrected chi connectivity index (χ3v) is 3.38. The third kappa shape index (κ3) is 3.89. The van der Waals surface area contributed by atoms with Crippen LogP contribution in [0.1, 0.15) is 32.6 Å². The SMILES string of the molecule is CC1CCC(Oc2cc(F)ccc2[N+](=O)[O-])CC1.N. The van der Waals surface area contributed by atoms with Crippen LogP contribution in [-0.4, -0.2) is 11.0 Å². The maximum atomic E-state index is 13.1. The smallest absolute Gasteiger partial charge is 0.311 e. The molecule has 6 heteroatoms. The zero-order valence-electron chi connectivity index (χ0n) is 11.0. The molecule has 1 aromatic carbocycles. The molecule has 0 radical (unpaired) electrons. The molecule has 3 N–H and O–H groups in total. The fraction of sp³-hybridized carbons (Fsp3) is 0.538. The van der Waals surface area contributed by atoms with Crippen molar-refractivity contribution in [3.05, 3.63) is 34.1 Å². The summed E-state index contributed by atoms with van der Waals surface area (Å²) in [6.45, 7) is 2.18. The molecule has 0 aliphatic heterocycles. The lowest BCUT2D eigenvalue weighted by atomic mass is 9.89. The van der Waals surface area contributed by atoms with Crippen molar-refractivity contribution in [2.24, 2.45) is 5.92 Å². The average Bonchev–Trinajstić information content (AvgIpc) is 2.32. The Labute approximate surface area is 111 Å². The first-order chi connectivity index (χ1) is 8.56. The largest absolute Gasteiger partial charge is 0.483 e. The predicted molar refractivity (Wildman–Crippen MR) is 70.1 cm³/mol. The normalized spacial score (nSPS) is 22.4. The van der Waals surface area contributed by atoms with E-state index in [1.165, 1.54) is 0 Å². The molecule has 19 heavy (non-hydrogen) atoms. The summed E-state index contributed by atoms with van der Waals surface area (Å²) in [4.78, 5) is 10.3. The Balaban J connectivity index is 0.00000180. The molecule has 5 nitrogen and oxygen atoms in total. The monoisotopic (exact) mass is 270 g/mol. The molecule has 0 spiro atoms. The van der Waals surface area contributed by atoms with E-state index < -0.39 is 10.7 Å². The molecular weight excluding hydrogens is 251 g/mol. The van der Waals surface area contributed by atoms with E-state index in [2.05, 4.69) is 6.92 Å². The highest BCUT2D eigenvalue weighted by Gasteiger charge is 2.23. The molecule has 0 unspecified atom stereocenters. The second kappa shape index (κ2) is 6.47. The molecule has 1 aliphatic carbocycles. The molecule has 0 saturated heterocycles. The van der Waals surface area contributed by atoms with Crippen LogP contribution in [0.25, 0.3) is 0 Å². The zero-order valence-corrected chi connectivity index (χ0v) is 11.0. The molecule has 0 heterocycles. The van der Waals surface area contributed by atoms with Gasteiger partial charge in [0.25, 0.3) is 0 Å². The van der Waals surface area contributed by atoms with Crippen molar-refractivity contribution in [2.45, 2.75) is 38.7 Å². The van der Waals surface area contributed by atoms with Crippen LogP contribution in [0.2, 0.25) is 0 Å². The predicted octanol–water partition coefficient (Wildman–Crippen LogP) is 3.85. The van der Waals surface area contributed by atoms with Crippen LogP contribution in [0.15, 0.2) is 18.2 Å². The number of ether oxygens (including phenoxy) is 1. The van der Waals surface area contributed by atoms with Crippen molar-refractivity contribution in [1.82, 2.24) is 6.15 Å². The number of nitro benzene ring substituents is 1. The van der Waals surface area contributed by atoms with Crippen LogP contribution < -0.4 is 10.9 Å². The fourth-order valence-electron chi connectivity index (χ4n) is 2.26. The van der Waals surface area contributed by atoms with E-state index in [0.29, 0.717) is 5.92 Å². The van der Waals surface area contributed by atoms with Gasteiger partial charge >= 0.3 is 5.69 Å². The lowest BCUT2D eigenvalue weighted by Gasteiger charge is -2.26. The first-order valence-corrected chi connectivity index (χ1v) is 6.17. The van der Waals surface area contributed by atoms with Gasteiger partial charge < -0.3 is 10.9 Å². The highest BCUT2D eigenvalue weighted by molar-refractivity contribution is 5.46. The number of nitrogens with zero attached hydrogens (tertiary/aromatic N) is 1. The van der Waals surface area contributed by atoms with E-state index in [1.807, 2.05) is 0 Å². The van der Waals surface area contributed by atoms with E-state index in [0.717, 1.165) is 43.9 Å². The van der Waals surface area contributed by atoms with Crippen molar-refractivity contribution in [2.75, 3.05) is 0 Å². The molecule has 1 aromatic rings. The Morgan fingerprint density at radius 3 is 2.53 bits per heavy atom. The molecule has 2 rings (SSSR count). The van der Waals surface area contributed by atoms with E-state index in [1.54, 1.807) is 0 Å². The Bertz CT molecular complexity index is 446. The first-order valence-electron chi connectivity index (χ1n) is 6.17. The van der Waals surface area contributed by atoms with Crippen molar-refractivity contribution < 1.29 is 14.1 Å². The number of nitro groups is 1. The van der Waals surface area contributed by atoms with Gasteiger partial charge in [-0.3, -0.25) is 10.1 Å². The molecule has 1 aliphatic rings. The number of hydrogen-bond acceptors (Lipinski definition) is 4. The Morgan fingerprint density at radius 2 is 1.95 bits per heavy atom. The van der Waals surface area contributed by atoms with E-state index >= 15 is 0 Å². The van der Waals surface area contributed by atoms with E-state index in [4.69, 9.17) is 4.74 Å². The fourth-order valence-corrected chi connectivity index (χ4v) is 2.26. The highest BCUT2D eigenvalue weighted by Crippen LogP contribution is 2.32. The van der Waals surface area contributed by atoms with Gasteiger partial charge in [0.1, 0.15) is 5.82 Å². The minimum absolute atomic E-state index is 0. The van der Waals surface area contributed by atoms with Crippen LogP contribution in [0, 0.1) is 21.8 Å². The van der Waals surface area contributed by atoms with Crippen LogP contribution >= 0.6 is 0 Å². The van der Waals surface area contributed by atoms with Gasteiger partial charge in [0, 0.05) is 12.1 Å². The standard InChI is InChI=1S/C13H16FNO3.H3N/c1-9-2-5-11(6-3-9)18-13-8-10(14)4-7-12(13)15(16)17;/h4,7-9,11H,2-3,5-6H2,1H3;1H3. The molecule has 0 bridgehead atoms. The molecule has 0 amide bonds. The molecule has 1 saturated carbocycles. The number of hydrogen-bond donors (Lipinski definition) is 1. The van der Waals surface area contributed by atoms with Gasteiger partial charge in [-0.1, -0.05) is 6.92 Å². The minimum Gasteiger partial charge on any atom is -0.483 e.